The molecule has 1 unspecified atom stereocenters. The monoisotopic (exact) mass is 440 g/mol. The van der Waals surface area contributed by atoms with Gasteiger partial charge in [-0.1, -0.05) is 6.07 Å². The summed E-state index contributed by atoms with van der Waals surface area (Å²) in [5, 5.41) is 8.86. The van der Waals surface area contributed by atoms with Gasteiger partial charge in [-0.25, -0.2) is 14.1 Å². The first kappa shape index (κ1) is 21.0. The molecule has 1 saturated heterocycles. The number of carbonyl (C=O) groups excluding carboxylic acids is 3. The van der Waals surface area contributed by atoms with Crippen LogP contribution in [0.3, 0.4) is 0 Å². The molecule has 0 radical (unpaired) electrons. The van der Waals surface area contributed by atoms with Crippen molar-refractivity contribution in [3.05, 3.63) is 66.0 Å². The summed E-state index contributed by atoms with van der Waals surface area (Å²) in [6.07, 6.45) is 1.19. The molecule has 0 saturated carbocycles. The number of carboxylic acid groups (broad SMARTS) is 1. The second kappa shape index (κ2) is 8.50. The number of hydrogen-bond donors (Lipinski definition) is 1. The van der Waals surface area contributed by atoms with Crippen molar-refractivity contribution in [2.45, 2.75) is 19.0 Å². The predicted molar refractivity (Wildman–Crippen MR) is 107 cm³/mol. The van der Waals surface area contributed by atoms with E-state index in [4.69, 9.17) is 14.6 Å². The van der Waals surface area contributed by atoms with Crippen molar-refractivity contribution in [3.63, 3.8) is 0 Å². The van der Waals surface area contributed by atoms with Crippen LogP contribution in [0.5, 0.6) is 11.5 Å². The summed E-state index contributed by atoms with van der Waals surface area (Å²) < 4.78 is 23.8. The molecule has 0 aromatic heterocycles. The van der Waals surface area contributed by atoms with E-state index in [-0.39, 0.29) is 25.4 Å². The maximum absolute atomic E-state index is 13.2. The molecule has 32 heavy (non-hydrogen) atoms. The van der Waals surface area contributed by atoms with Crippen molar-refractivity contribution in [2.75, 3.05) is 11.7 Å². The van der Waals surface area contributed by atoms with Gasteiger partial charge in [0.2, 0.25) is 18.6 Å². The quantitative estimate of drug-likeness (QED) is 0.539. The molecule has 10 heteroatoms. The number of imide groups is 1. The van der Waals surface area contributed by atoms with Crippen LogP contribution in [0.2, 0.25) is 0 Å². The fourth-order valence-corrected chi connectivity index (χ4v) is 3.54. The minimum atomic E-state index is -1.33. The molecule has 164 valence electrons. The zero-order valence-electron chi connectivity index (χ0n) is 16.6. The molecular weight excluding hydrogens is 423 g/mol. The maximum atomic E-state index is 13.2. The molecule has 1 fully saturated rings. The summed E-state index contributed by atoms with van der Waals surface area (Å²) >= 11 is 0. The molecule has 0 spiro atoms. The smallest absolute Gasteiger partial charge is 0.328 e. The molecule has 0 bridgehead atoms. The molecule has 0 aliphatic carbocycles. The summed E-state index contributed by atoms with van der Waals surface area (Å²) in [6.45, 7) is -0.0224. The lowest BCUT2D eigenvalue weighted by atomic mass is 10.1. The first-order valence-electron chi connectivity index (χ1n) is 9.56. The summed E-state index contributed by atoms with van der Waals surface area (Å²) in [4.78, 5) is 51.4. The highest BCUT2D eigenvalue weighted by Gasteiger charge is 2.44. The van der Waals surface area contributed by atoms with E-state index in [1.807, 2.05) is 0 Å². The van der Waals surface area contributed by atoms with Gasteiger partial charge in [-0.15, -0.1) is 0 Å². The number of nitrogens with zero attached hydrogens (tertiary/aromatic N) is 2. The van der Waals surface area contributed by atoms with E-state index in [0.29, 0.717) is 23.1 Å². The van der Waals surface area contributed by atoms with Gasteiger partial charge >= 0.3 is 5.97 Å². The third-order valence-corrected chi connectivity index (χ3v) is 5.03. The van der Waals surface area contributed by atoms with Gasteiger partial charge in [-0.2, -0.15) is 0 Å². The van der Waals surface area contributed by atoms with Crippen molar-refractivity contribution >= 4 is 29.4 Å². The highest BCUT2D eigenvalue weighted by molar-refractivity contribution is 6.23. The molecule has 2 heterocycles. The highest BCUT2D eigenvalue weighted by atomic mass is 19.1. The van der Waals surface area contributed by atoms with Crippen LogP contribution in [-0.2, 0) is 25.7 Å². The van der Waals surface area contributed by atoms with Crippen molar-refractivity contribution in [1.82, 2.24) is 4.90 Å². The van der Waals surface area contributed by atoms with E-state index in [1.165, 1.54) is 12.1 Å². The number of anilines is 1. The van der Waals surface area contributed by atoms with Crippen LogP contribution in [0.15, 0.2) is 54.6 Å². The number of halogens is 1. The van der Waals surface area contributed by atoms with Crippen LogP contribution < -0.4 is 14.4 Å². The third-order valence-electron chi connectivity index (χ3n) is 5.03. The van der Waals surface area contributed by atoms with E-state index < -0.39 is 35.5 Å². The summed E-state index contributed by atoms with van der Waals surface area (Å²) in [5.74, 6) is -2.83. The fraction of sp³-hybridized carbons (Fsp3) is 0.182. The molecule has 2 aliphatic heterocycles. The van der Waals surface area contributed by atoms with Crippen LogP contribution in [0.4, 0.5) is 10.1 Å². The lowest BCUT2D eigenvalue weighted by molar-refractivity contribution is -0.135. The van der Waals surface area contributed by atoms with E-state index in [2.05, 4.69) is 0 Å². The summed E-state index contributed by atoms with van der Waals surface area (Å²) in [7, 11) is 0. The average molecular weight is 440 g/mol. The maximum Gasteiger partial charge on any atom is 0.328 e. The van der Waals surface area contributed by atoms with E-state index in [0.717, 1.165) is 28.0 Å². The van der Waals surface area contributed by atoms with Crippen molar-refractivity contribution in [1.29, 1.82) is 0 Å². The minimum absolute atomic E-state index is 0.0605. The van der Waals surface area contributed by atoms with Gasteiger partial charge in [0.05, 0.1) is 12.1 Å². The standard InChI is InChI=1S/C22H17FN2O7/c23-14-2-4-15(5-3-14)25-20(27)10-16(22(25)30)24(19(26)7-8-21(28)29)11-13-1-6-17-18(9-13)32-12-31-17/h1-9,16H,10-12H2,(H,28,29). The van der Waals surface area contributed by atoms with Gasteiger partial charge in [-0.3, -0.25) is 14.4 Å². The fourth-order valence-electron chi connectivity index (χ4n) is 3.54. The lowest BCUT2D eigenvalue weighted by Crippen LogP contribution is -2.44. The Morgan fingerprint density at radius 2 is 1.81 bits per heavy atom. The number of benzene rings is 2. The van der Waals surface area contributed by atoms with Crippen LogP contribution in [0, 0.1) is 5.82 Å². The first-order valence-corrected chi connectivity index (χ1v) is 9.56. The molecular formula is C22H17FN2O7. The van der Waals surface area contributed by atoms with Crippen LogP contribution in [0.25, 0.3) is 0 Å². The number of hydrogen-bond acceptors (Lipinski definition) is 6. The summed E-state index contributed by atoms with van der Waals surface area (Å²) in [5.41, 5.74) is 0.771. The largest absolute Gasteiger partial charge is 0.478 e. The molecule has 2 aromatic rings. The second-order valence-electron chi connectivity index (χ2n) is 7.09. The molecule has 2 aromatic carbocycles. The molecule has 1 atom stereocenters. The Labute approximate surface area is 181 Å². The number of carbonyl (C=O) groups is 4. The molecule has 9 nitrogen and oxygen atoms in total. The number of ether oxygens (including phenoxy) is 2. The van der Waals surface area contributed by atoms with Crippen molar-refractivity contribution in [2.24, 2.45) is 0 Å². The minimum Gasteiger partial charge on any atom is -0.478 e. The lowest BCUT2D eigenvalue weighted by Gasteiger charge is -2.26. The first-order chi connectivity index (χ1) is 15.3. The van der Waals surface area contributed by atoms with Gasteiger partial charge in [0.15, 0.2) is 11.5 Å². The van der Waals surface area contributed by atoms with Gasteiger partial charge in [0.25, 0.3) is 5.91 Å². The van der Waals surface area contributed by atoms with E-state index >= 15 is 0 Å². The molecule has 3 amide bonds. The van der Waals surface area contributed by atoms with Crippen molar-refractivity contribution in [3.8, 4) is 11.5 Å². The molecule has 1 N–H and O–H groups in total. The highest BCUT2D eigenvalue weighted by Crippen LogP contribution is 2.34. The topological polar surface area (TPSA) is 113 Å². The average Bonchev–Trinajstić information content (AvgIpc) is 3.34. The van der Waals surface area contributed by atoms with Crippen molar-refractivity contribution < 1.29 is 38.1 Å². The van der Waals surface area contributed by atoms with Gasteiger partial charge in [-0.05, 0) is 42.0 Å². The van der Waals surface area contributed by atoms with E-state index in [1.54, 1.807) is 18.2 Å². The van der Waals surface area contributed by atoms with Gasteiger partial charge in [0.1, 0.15) is 11.9 Å². The van der Waals surface area contributed by atoms with Crippen LogP contribution in [-0.4, -0.2) is 46.5 Å². The zero-order chi connectivity index (χ0) is 22.8. The van der Waals surface area contributed by atoms with Gasteiger partial charge in [0, 0.05) is 18.7 Å². The Kier molecular flexibility index (Phi) is 5.59. The van der Waals surface area contributed by atoms with Crippen LogP contribution in [0.1, 0.15) is 12.0 Å². The number of amides is 3. The number of aliphatic carboxylic acids is 1. The Morgan fingerprint density at radius 3 is 2.53 bits per heavy atom. The molecule has 2 aliphatic rings. The van der Waals surface area contributed by atoms with Crippen LogP contribution >= 0.6 is 0 Å². The Bertz CT molecular complexity index is 1130. The number of fused-ring (bicyclic) bond motifs is 1. The third kappa shape index (κ3) is 4.15. The Morgan fingerprint density at radius 1 is 1.09 bits per heavy atom. The second-order valence-corrected chi connectivity index (χ2v) is 7.09. The predicted octanol–water partition coefficient (Wildman–Crippen LogP) is 1.86. The Hall–Kier alpha value is -4.21. The molecule has 4 rings (SSSR count). The summed E-state index contributed by atoms with van der Waals surface area (Å²) in [6, 6.07) is 8.63. The Balaban J connectivity index is 1.64. The normalized spacial score (nSPS) is 17.3. The van der Waals surface area contributed by atoms with E-state index in [9.17, 15) is 23.6 Å². The zero-order valence-corrected chi connectivity index (χ0v) is 16.6. The van der Waals surface area contributed by atoms with Gasteiger partial charge < -0.3 is 19.5 Å². The number of rotatable bonds is 6. The number of carboxylic acids is 1. The SMILES string of the molecule is O=C(O)C=CC(=O)N(Cc1ccc2c(c1)OCO2)C1CC(=O)N(c2ccc(F)cc2)C1=O.